The monoisotopic (exact) mass is 618 g/mol. The van der Waals surface area contributed by atoms with E-state index in [2.05, 4.69) is 152 Å². The Morgan fingerprint density at radius 2 is 1.23 bits per heavy atom. The van der Waals surface area contributed by atoms with E-state index >= 15 is 0 Å². The summed E-state index contributed by atoms with van der Waals surface area (Å²) in [6, 6.07) is 50.8. The average Bonchev–Trinajstić information content (AvgIpc) is 3.54. The van der Waals surface area contributed by atoms with Crippen molar-refractivity contribution >= 4 is 62.2 Å². The van der Waals surface area contributed by atoms with Crippen LogP contribution in [0, 0.1) is 0 Å². The molecule has 0 atom stereocenters. The number of pyridine rings is 1. The molecule has 0 aliphatic rings. The molecule has 0 radical (unpaired) electrons. The summed E-state index contributed by atoms with van der Waals surface area (Å²) in [7, 11) is 0. The lowest BCUT2D eigenvalue weighted by Crippen LogP contribution is -2.14. The van der Waals surface area contributed by atoms with Crippen molar-refractivity contribution in [1.82, 2.24) is 4.98 Å². The van der Waals surface area contributed by atoms with E-state index in [0.29, 0.717) is 0 Å². The quantitative estimate of drug-likeness (QED) is 0.170. The molecule has 0 saturated carbocycles. The molecule has 0 N–H and O–H groups in total. The largest absolute Gasteiger partial charge is 0.455 e. The minimum absolute atomic E-state index is 0.855. The first-order chi connectivity index (χ1) is 23.7. The summed E-state index contributed by atoms with van der Waals surface area (Å²) in [5, 5.41) is 3.33. The molecule has 8 aromatic rings. The van der Waals surface area contributed by atoms with Gasteiger partial charge in [0.1, 0.15) is 17.0 Å². The van der Waals surface area contributed by atoms with Crippen molar-refractivity contribution in [2.75, 3.05) is 4.90 Å². The van der Waals surface area contributed by atoms with Crippen LogP contribution in [0.1, 0.15) is 24.5 Å². The molecule has 0 spiro atoms. The first-order valence-corrected chi connectivity index (χ1v) is 16.4. The number of aromatic nitrogens is 1. The van der Waals surface area contributed by atoms with Gasteiger partial charge in [-0.05, 0) is 65.1 Å². The van der Waals surface area contributed by atoms with Crippen LogP contribution >= 0.6 is 0 Å². The third kappa shape index (κ3) is 5.16. The van der Waals surface area contributed by atoms with Crippen LogP contribution in [-0.2, 0) is 0 Å². The molecule has 8 rings (SSSR count). The van der Waals surface area contributed by atoms with E-state index in [-0.39, 0.29) is 0 Å². The highest BCUT2D eigenvalue weighted by molar-refractivity contribution is 6.09. The van der Waals surface area contributed by atoms with Gasteiger partial charge in [0.15, 0.2) is 0 Å². The number of rotatable bonds is 8. The maximum atomic E-state index is 6.38. The van der Waals surface area contributed by atoms with E-state index in [4.69, 9.17) is 9.40 Å². The molecule has 0 bridgehead atoms. The van der Waals surface area contributed by atoms with E-state index < -0.39 is 0 Å². The molecule has 3 nitrogen and oxygen atoms in total. The molecule has 2 heterocycles. The van der Waals surface area contributed by atoms with Crippen molar-refractivity contribution < 1.29 is 4.42 Å². The zero-order valence-corrected chi connectivity index (χ0v) is 26.8. The van der Waals surface area contributed by atoms with Crippen molar-refractivity contribution in [2.24, 2.45) is 0 Å². The number of benzene rings is 6. The van der Waals surface area contributed by atoms with Gasteiger partial charge in [-0.25, -0.2) is 4.98 Å². The smallest absolute Gasteiger partial charge is 0.146 e. The van der Waals surface area contributed by atoms with Crippen LogP contribution in [-0.4, -0.2) is 4.98 Å². The second-order valence-electron chi connectivity index (χ2n) is 11.9. The fourth-order valence-corrected chi connectivity index (χ4v) is 6.62. The lowest BCUT2D eigenvalue weighted by Gasteiger charge is -2.28. The minimum atomic E-state index is 0.855. The predicted octanol–water partition coefficient (Wildman–Crippen LogP) is 13.0. The van der Waals surface area contributed by atoms with Crippen molar-refractivity contribution in [2.45, 2.75) is 13.3 Å². The van der Waals surface area contributed by atoms with Crippen LogP contribution < -0.4 is 4.90 Å². The number of anilines is 3. The maximum absolute atomic E-state index is 6.38. The van der Waals surface area contributed by atoms with Gasteiger partial charge in [-0.1, -0.05) is 141 Å². The van der Waals surface area contributed by atoms with Gasteiger partial charge in [0.05, 0.1) is 5.52 Å². The molecule has 2 aromatic heterocycles. The van der Waals surface area contributed by atoms with Crippen molar-refractivity contribution in [3.63, 3.8) is 0 Å². The number of furan rings is 1. The maximum Gasteiger partial charge on any atom is 0.146 e. The van der Waals surface area contributed by atoms with Crippen molar-refractivity contribution in [3.05, 3.63) is 169 Å². The van der Waals surface area contributed by atoms with Gasteiger partial charge in [0.2, 0.25) is 0 Å². The summed E-state index contributed by atoms with van der Waals surface area (Å²) < 4.78 is 6.38. The Morgan fingerprint density at radius 3 is 1.96 bits per heavy atom. The fourth-order valence-electron chi connectivity index (χ4n) is 6.62. The summed E-state index contributed by atoms with van der Waals surface area (Å²) in [6.07, 6.45) is 7.25. The zero-order valence-electron chi connectivity index (χ0n) is 26.8. The van der Waals surface area contributed by atoms with Crippen molar-refractivity contribution in [1.29, 1.82) is 0 Å². The number of para-hydroxylation sites is 3. The Kier molecular flexibility index (Phi) is 7.64. The topological polar surface area (TPSA) is 29.3 Å². The van der Waals surface area contributed by atoms with Gasteiger partial charge in [-0.15, -0.1) is 0 Å². The Labute approximate surface area is 280 Å². The second kappa shape index (κ2) is 12.5. The highest BCUT2D eigenvalue weighted by Gasteiger charge is 2.21. The molecule has 0 aliphatic heterocycles. The van der Waals surface area contributed by atoms with Crippen LogP contribution in [0.3, 0.4) is 0 Å². The molecular formula is C45H34N2O. The third-order valence-electron chi connectivity index (χ3n) is 8.96. The van der Waals surface area contributed by atoms with Gasteiger partial charge in [0.25, 0.3) is 0 Å². The molecule has 3 heteroatoms. The van der Waals surface area contributed by atoms with Crippen molar-refractivity contribution in [3.8, 4) is 22.3 Å². The predicted molar refractivity (Wildman–Crippen MR) is 204 cm³/mol. The highest BCUT2D eigenvalue weighted by atomic mass is 16.3. The number of fused-ring (bicyclic) bond motifs is 4. The Bertz CT molecular complexity index is 2440. The summed E-state index contributed by atoms with van der Waals surface area (Å²) in [4.78, 5) is 7.59. The van der Waals surface area contributed by atoms with E-state index in [1.54, 1.807) is 0 Å². The molecule has 0 aliphatic carbocycles. The molecule has 0 unspecified atom stereocenters. The van der Waals surface area contributed by atoms with E-state index in [1.807, 2.05) is 30.3 Å². The van der Waals surface area contributed by atoms with Crippen LogP contribution in [0.4, 0.5) is 17.2 Å². The van der Waals surface area contributed by atoms with Gasteiger partial charge in [0, 0.05) is 38.7 Å². The average molecular weight is 619 g/mol. The molecule has 48 heavy (non-hydrogen) atoms. The van der Waals surface area contributed by atoms with Gasteiger partial charge < -0.3 is 4.42 Å². The summed E-state index contributed by atoms with van der Waals surface area (Å²) >= 11 is 0. The van der Waals surface area contributed by atoms with Gasteiger partial charge >= 0.3 is 0 Å². The first kappa shape index (κ1) is 29.2. The molecule has 230 valence electrons. The number of hydrogen-bond donors (Lipinski definition) is 0. The van der Waals surface area contributed by atoms with Crippen LogP contribution in [0.25, 0.3) is 67.2 Å². The lowest BCUT2D eigenvalue weighted by molar-refractivity contribution is 0.670. The van der Waals surface area contributed by atoms with E-state index in [0.717, 1.165) is 84.3 Å². The minimum Gasteiger partial charge on any atom is -0.455 e. The molecule has 0 fully saturated rings. The van der Waals surface area contributed by atoms with E-state index in [1.165, 1.54) is 5.56 Å². The SMILES string of the molecule is C=Cc1c(/C=C\CC)c(N(c2ccc(-c3ccccc3)cc2)c2ccc(-c3cccc4c3oc3ccccc34)cc2)nc2ccccc12. The normalized spacial score (nSPS) is 11.5. The number of hydrogen-bond acceptors (Lipinski definition) is 3. The Morgan fingerprint density at radius 1 is 0.604 bits per heavy atom. The summed E-state index contributed by atoms with van der Waals surface area (Å²) in [5.41, 5.74) is 11.4. The zero-order chi connectivity index (χ0) is 32.5. The third-order valence-corrected chi connectivity index (χ3v) is 8.96. The van der Waals surface area contributed by atoms with E-state index in [9.17, 15) is 0 Å². The first-order valence-electron chi connectivity index (χ1n) is 16.4. The molecule has 0 saturated heterocycles. The lowest BCUT2D eigenvalue weighted by atomic mass is 9.99. The molecular weight excluding hydrogens is 585 g/mol. The Hall–Kier alpha value is -6.19. The van der Waals surface area contributed by atoms with Crippen LogP contribution in [0.2, 0.25) is 0 Å². The van der Waals surface area contributed by atoms with Gasteiger partial charge in [-0.2, -0.15) is 0 Å². The summed E-state index contributed by atoms with van der Waals surface area (Å²) in [6.45, 7) is 6.39. The standard InChI is InChI=1S/C45H34N2O/c1-3-5-16-41-36(4-2)38-17-9-11-21-42(38)46-45(41)47(34-27-23-32(24-28-34)31-14-7-6-8-15-31)35-29-25-33(26-30-35)37-19-13-20-40-39-18-10-12-22-43(39)48-44(37)40/h4-30H,2-3H2,1H3/b16-5-. The second-order valence-corrected chi connectivity index (χ2v) is 11.9. The summed E-state index contributed by atoms with van der Waals surface area (Å²) in [5.74, 6) is 0.855. The highest BCUT2D eigenvalue weighted by Crippen LogP contribution is 2.42. The van der Waals surface area contributed by atoms with Crippen LogP contribution in [0.15, 0.2) is 163 Å². The fraction of sp³-hybridized carbons (Fsp3) is 0.0444. The van der Waals surface area contributed by atoms with Gasteiger partial charge in [-0.3, -0.25) is 4.90 Å². The number of nitrogens with zero attached hydrogens (tertiary/aromatic N) is 2. The molecule has 0 amide bonds. The number of allylic oxidation sites excluding steroid dienone is 1. The van der Waals surface area contributed by atoms with Crippen LogP contribution in [0.5, 0.6) is 0 Å². The molecule has 6 aromatic carbocycles. The Balaban J connectivity index is 1.31.